The molecule has 1 aliphatic rings. The fourth-order valence-electron chi connectivity index (χ4n) is 1.63. The molecule has 15 heavy (non-hydrogen) atoms. The van der Waals surface area contributed by atoms with Crippen LogP contribution in [0, 0.1) is 0 Å². The van der Waals surface area contributed by atoms with Crippen LogP contribution in [0.3, 0.4) is 0 Å². The molecule has 1 fully saturated rings. The van der Waals surface area contributed by atoms with Gasteiger partial charge in [0, 0.05) is 13.6 Å². The van der Waals surface area contributed by atoms with Crippen molar-refractivity contribution in [2.24, 2.45) is 5.73 Å². The predicted molar refractivity (Wildman–Crippen MR) is 56.3 cm³/mol. The number of hydrogen-bond acceptors (Lipinski definition) is 4. The average molecular weight is 216 g/mol. The van der Waals surface area contributed by atoms with Crippen LogP contribution >= 0.6 is 0 Å². The largest absolute Gasteiger partial charge is 0.394 e. The van der Waals surface area contributed by atoms with Gasteiger partial charge >= 0.3 is 0 Å². The smallest absolute Gasteiger partial charge is 0.251 e. The molecule has 0 aromatic rings. The SMILES string of the molecule is CC(CO)N(C)C(=O)C1CCC(CN)O1. The number of carbonyl (C=O) groups is 1. The number of hydrogen-bond donors (Lipinski definition) is 2. The van der Waals surface area contributed by atoms with Crippen molar-refractivity contribution >= 4 is 5.91 Å². The molecule has 0 spiro atoms. The van der Waals surface area contributed by atoms with Crippen LogP contribution < -0.4 is 5.73 Å². The number of carbonyl (C=O) groups excluding carboxylic acids is 1. The molecule has 0 bridgehead atoms. The van der Waals surface area contributed by atoms with Crippen molar-refractivity contribution in [2.75, 3.05) is 20.2 Å². The lowest BCUT2D eigenvalue weighted by atomic mass is 10.1. The zero-order chi connectivity index (χ0) is 11.4. The van der Waals surface area contributed by atoms with Gasteiger partial charge < -0.3 is 20.5 Å². The van der Waals surface area contributed by atoms with E-state index in [0.29, 0.717) is 6.54 Å². The first-order valence-corrected chi connectivity index (χ1v) is 5.33. The van der Waals surface area contributed by atoms with Crippen molar-refractivity contribution in [3.63, 3.8) is 0 Å². The molecule has 5 heteroatoms. The molecular weight excluding hydrogens is 196 g/mol. The third kappa shape index (κ3) is 2.90. The summed E-state index contributed by atoms with van der Waals surface area (Å²) >= 11 is 0. The maximum Gasteiger partial charge on any atom is 0.251 e. The Balaban J connectivity index is 2.47. The van der Waals surface area contributed by atoms with Crippen molar-refractivity contribution in [2.45, 2.75) is 38.0 Å². The molecule has 88 valence electrons. The van der Waals surface area contributed by atoms with Crippen LogP contribution in [0.2, 0.25) is 0 Å². The Morgan fingerprint density at radius 2 is 2.33 bits per heavy atom. The predicted octanol–water partition coefficient (Wildman–Crippen LogP) is -0.668. The highest BCUT2D eigenvalue weighted by Gasteiger charge is 2.32. The summed E-state index contributed by atoms with van der Waals surface area (Å²) in [7, 11) is 1.68. The van der Waals surface area contributed by atoms with E-state index in [-0.39, 0.29) is 30.8 Å². The highest BCUT2D eigenvalue weighted by molar-refractivity contribution is 5.81. The minimum absolute atomic E-state index is 0.0109. The molecule has 3 N–H and O–H groups in total. The number of nitrogens with two attached hydrogens (primary N) is 1. The van der Waals surface area contributed by atoms with Gasteiger partial charge in [-0.25, -0.2) is 0 Å². The molecule has 0 saturated carbocycles. The van der Waals surface area contributed by atoms with Gasteiger partial charge in [0.2, 0.25) is 0 Å². The second-order valence-electron chi connectivity index (χ2n) is 4.04. The van der Waals surface area contributed by atoms with Crippen LogP contribution in [0.25, 0.3) is 0 Å². The molecule has 0 aliphatic carbocycles. The standard InChI is InChI=1S/C10H20N2O3/c1-7(6-13)12(2)10(14)9-4-3-8(5-11)15-9/h7-9,13H,3-6,11H2,1-2H3. The van der Waals surface area contributed by atoms with Crippen LogP contribution in [0.15, 0.2) is 0 Å². The van der Waals surface area contributed by atoms with E-state index in [2.05, 4.69) is 0 Å². The van der Waals surface area contributed by atoms with E-state index in [1.165, 1.54) is 4.90 Å². The van der Waals surface area contributed by atoms with Gasteiger partial charge in [-0.3, -0.25) is 4.79 Å². The molecule has 5 nitrogen and oxygen atoms in total. The Morgan fingerprint density at radius 3 is 2.80 bits per heavy atom. The monoisotopic (exact) mass is 216 g/mol. The van der Waals surface area contributed by atoms with Gasteiger partial charge in [0.05, 0.1) is 18.8 Å². The lowest BCUT2D eigenvalue weighted by molar-refractivity contribution is -0.143. The Kier molecular flexibility index (Phi) is 4.50. The average Bonchev–Trinajstić information content (AvgIpc) is 2.74. The van der Waals surface area contributed by atoms with Gasteiger partial charge in [0.1, 0.15) is 6.10 Å². The van der Waals surface area contributed by atoms with E-state index in [1.807, 2.05) is 0 Å². The van der Waals surface area contributed by atoms with Gasteiger partial charge in [0.15, 0.2) is 0 Å². The number of aliphatic hydroxyl groups excluding tert-OH is 1. The van der Waals surface area contributed by atoms with E-state index in [0.717, 1.165) is 12.8 Å². The van der Waals surface area contributed by atoms with Crippen molar-refractivity contribution in [3.8, 4) is 0 Å². The van der Waals surface area contributed by atoms with Crippen LogP contribution in [-0.2, 0) is 9.53 Å². The van der Waals surface area contributed by atoms with Crippen molar-refractivity contribution in [3.05, 3.63) is 0 Å². The second kappa shape index (κ2) is 5.44. The van der Waals surface area contributed by atoms with E-state index in [4.69, 9.17) is 15.6 Å². The Labute approximate surface area is 90.2 Å². The maximum absolute atomic E-state index is 11.9. The minimum atomic E-state index is -0.377. The maximum atomic E-state index is 11.9. The summed E-state index contributed by atoms with van der Waals surface area (Å²) in [6, 6.07) is -0.168. The lowest BCUT2D eigenvalue weighted by Gasteiger charge is -2.26. The summed E-state index contributed by atoms with van der Waals surface area (Å²) < 4.78 is 5.49. The molecule has 1 amide bonds. The summed E-state index contributed by atoms with van der Waals surface area (Å²) in [4.78, 5) is 13.4. The first-order chi connectivity index (χ1) is 7.10. The molecule has 3 unspecified atom stereocenters. The van der Waals surface area contributed by atoms with Crippen LogP contribution in [-0.4, -0.2) is 54.4 Å². The zero-order valence-corrected chi connectivity index (χ0v) is 9.35. The third-order valence-electron chi connectivity index (χ3n) is 2.92. The topological polar surface area (TPSA) is 75.8 Å². The molecular formula is C10H20N2O3. The molecule has 1 saturated heterocycles. The highest BCUT2D eigenvalue weighted by atomic mass is 16.5. The van der Waals surface area contributed by atoms with E-state index in [1.54, 1.807) is 14.0 Å². The molecule has 1 aliphatic heterocycles. The van der Waals surface area contributed by atoms with Gasteiger partial charge in [-0.05, 0) is 19.8 Å². The fourth-order valence-corrected chi connectivity index (χ4v) is 1.63. The van der Waals surface area contributed by atoms with Gasteiger partial charge in [-0.15, -0.1) is 0 Å². The quantitative estimate of drug-likeness (QED) is 0.653. The van der Waals surface area contributed by atoms with Crippen LogP contribution in [0.4, 0.5) is 0 Å². The number of likely N-dealkylation sites (N-methyl/N-ethyl adjacent to an activating group) is 1. The number of amides is 1. The molecule has 3 atom stereocenters. The first kappa shape index (κ1) is 12.4. The lowest BCUT2D eigenvalue weighted by Crippen LogP contribution is -2.43. The van der Waals surface area contributed by atoms with Crippen molar-refractivity contribution in [1.29, 1.82) is 0 Å². The fraction of sp³-hybridized carbons (Fsp3) is 0.900. The first-order valence-electron chi connectivity index (χ1n) is 5.33. The van der Waals surface area contributed by atoms with Crippen LogP contribution in [0.5, 0.6) is 0 Å². The number of nitrogens with zero attached hydrogens (tertiary/aromatic N) is 1. The summed E-state index contributed by atoms with van der Waals surface area (Å²) in [6.45, 7) is 2.23. The molecule has 0 aromatic heterocycles. The van der Waals surface area contributed by atoms with E-state index >= 15 is 0 Å². The number of ether oxygens (including phenoxy) is 1. The second-order valence-corrected chi connectivity index (χ2v) is 4.04. The molecule has 1 heterocycles. The van der Waals surface area contributed by atoms with Gasteiger partial charge in [-0.2, -0.15) is 0 Å². The highest BCUT2D eigenvalue weighted by Crippen LogP contribution is 2.20. The molecule has 1 rings (SSSR count). The Hall–Kier alpha value is -0.650. The zero-order valence-electron chi connectivity index (χ0n) is 9.35. The van der Waals surface area contributed by atoms with Gasteiger partial charge in [-0.1, -0.05) is 0 Å². The van der Waals surface area contributed by atoms with Gasteiger partial charge in [0.25, 0.3) is 5.91 Å². The summed E-state index contributed by atoms with van der Waals surface area (Å²) in [5.41, 5.74) is 5.47. The van der Waals surface area contributed by atoms with Crippen molar-refractivity contribution in [1.82, 2.24) is 4.90 Å². The normalized spacial score (nSPS) is 27.7. The van der Waals surface area contributed by atoms with Crippen molar-refractivity contribution < 1.29 is 14.6 Å². The summed E-state index contributed by atoms with van der Waals surface area (Å²) in [5.74, 6) is -0.0625. The third-order valence-corrected chi connectivity index (χ3v) is 2.92. The summed E-state index contributed by atoms with van der Waals surface area (Å²) in [6.07, 6.45) is 1.20. The number of rotatable bonds is 4. The number of aliphatic hydroxyl groups is 1. The Bertz CT molecular complexity index is 223. The van der Waals surface area contributed by atoms with E-state index < -0.39 is 0 Å². The summed E-state index contributed by atoms with van der Waals surface area (Å²) in [5, 5.41) is 8.94. The van der Waals surface area contributed by atoms with E-state index in [9.17, 15) is 4.79 Å². The Morgan fingerprint density at radius 1 is 1.67 bits per heavy atom. The van der Waals surface area contributed by atoms with Crippen LogP contribution in [0.1, 0.15) is 19.8 Å². The molecule has 0 radical (unpaired) electrons. The molecule has 0 aromatic carbocycles. The minimum Gasteiger partial charge on any atom is -0.394 e.